The molecule has 1 heterocycles. The van der Waals surface area contributed by atoms with Gasteiger partial charge in [0.05, 0.1) is 12.1 Å². The summed E-state index contributed by atoms with van der Waals surface area (Å²) in [4.78, 5) is 18.3. The Morgan fingerprint density at radius 1 is 1.25 bits per heavy atom. The summed E-state index contributed by atoms with van der Waals surface area (Å²) >= 11 is 0. The SMILES string of the molecule is NC(c1nc(O)cc(=O)[nH]1)C12CC3CC(CC(C3)C1)C2. The van der Waals surface area contributed by atoms with Crippen LogP contribution in [0.2, 0.25) is 0 Å². The first kappa shape index (κ1) is 12.4. The van der Waals surface area contributed by atoms with Crippen LogP contribution in [0.4, 0.5) is 0 Å². The maximum atomic E-state index is 11.5. The van der Waals surface area contributed by atoms with Gasteiger partial charge in [-0.15, -0.1) is 0 Å². The molecule has 0 amide bonds. The highest BCUT2D eigenvalue weighted by atomic mass is 16.3. The molecule has 108 valence electrons. The fourth-order valence-electron chi connectivity index (χ4n) is 5.46. The van der Waals surface area contributed by atoms with Gasteiger partial charge in [0.25, 0.3) is 5.56 Å². The van der Waals surface area contributed by atoms with E-state index < -0.39 is 0 Å². The molecular weight excluding hydrogens is 254 g/mol. The largest absolute Gasteiger partial charge is 0.493 e. The van der Waals surface area contributed by atoms with Crippen molar-refractivity contribution >= 4 is 0 Å². The van der Waals surface area contributed by atoms with E-state index in [1.54, 1.807) is 0 Å². The molecule has 4 aliphatic rings. The lowest BCUT2D eigenvalue weighted by Gasteiger charge is -2.58. The first-order valence-corrected chi connectivity index (χ1v) is 7.60. The van der Waals surface area contributed by atoms with Crippen molar-refractivity contribution in [1.82, 2.24) is 9.97 Å². The molecule has 1 aromatic heterocycles. The molecule has 5 rings (SSSR count). The summed E-state index contributed by atoms with van der Waals surface area (Å²) in [5.74, 6) is 2.63. The van der Waals surface area contributed by atoms with Gasteiger partial charge in [0.1, 0.15) is 5.82 Å². The number of nitrogens with zero attached hydrogens (tertiary/aromatic N) is 1. The number of nitrogens with one attached hydrogen (secondary N) is 1. The lowest BCUT2D eigenvalue weighted by Crippen LogP contribution is -2.51. The summed E-state index contributed by atoms with van der Waals surface area (Å²) in [6.45, 7) is 0. The molecule has 0 aliphatic heterocycles. The zero-order valence-electron chi connectivity index (χ0n) is 11.5. The minimum atomic E-state index is -0.326. The van der Waals surface area contributed by atoms with Crippen LogP contribution in [0.3, 0.4) is 0 Å². The lowest BCUT2D eigenvalue weighted by molar-refractivity contribution is -0.0692. The van der Waals surface area contributed by atoms with E-state index in [2.05, 4.69) is 9.97 Å². The lowest BCUT2D eigenvalue weighted by atomic mass is 9.47. The Bertz CT molecular complexity index is 560. The summed E-state index contributed by atoms with van der Waals surface area (Å²) in [5, 5.41) is 9.54. The van der Waals surface area contributed by atoms with E-state index >= 15 is 0 Å². The zero-order valence-corrected chi connectivity index (χ0v) is 11.5. The van der Waals surface area contributed by atoms with Crippen molar-refractivity contribution in [1.29, 1.82) is 0 Å². The van der Waals surface area contributed by atoms with Crippen LogP contribution in [0.5, 0.6) is 5.88 Å². The van der Waals surface area contributed by atoms with Crippen LogP contribution >= 0.6 is 0 Å². The van der Waals surface area contributed by atoms with Crippen LogP contribution in [0.25, 0.3) is 0 Å². The second-order valence-corrected chi connectivity index (χ2v) is 7.25. The molecule has 1 atom stereocenters. The molecule has 20 heavy (non-hydrogen) atoms. The highest BCUT2D eigenvalue weighted by Crippen LogP contribution is 2.63. The monoisotopic (exact) mass is 275 g/mol. The van der Waals surface area contributed by atoms with E-state index in [0.29, 0.717) is 5.82 Å². The van der Waals surface area contributed by atoms with Gasteiger partial charge in [0.2, 0.25) is 5.88 Å². The Labute approximate surface area is 117 Å². The smallest absolute Gasteiger partial charge is 0.254 e. The van der Waals surface area contributed by atoms with Crippen LogP contribution in [-0.4, -0.2) is 15.1 Å². The van der Waals surface area contributed by atoms with Crippen molar-refractivity contribution in [2.24, 2.45) is 28.9 Å². The fraction of sp³-hybridized carbons (Fsp3) is 0.733. The van der Waals surface area contributed by atoms with Crippen LogP contribution in [-0.2, 0) is 0 Å². The molecule has 4 fully saturated rings. The molecule has 0 radical (unpaired) electrons. The van der Waals surface area contributed by atoms with E-state index in [0.717, 1.165) is 43.1 Å². The molecule has 5 heteroatoms. The van der Waals surface area contributed by atoms with Crippen molar-refractivity contribution < 1.29 is 5.11 Å². The Balaban J connectivity index is 1.71. The highest BCUT2D eigenvalue weighted by molar-refractivity contribution is 5.14. The van der Waals surface area contributed by atoms with Crippen LogP contribution in [0.15, 0.2) is 10.9 Å². The number of aromatic hydroxyl groups is 1. The summed E-state index contributed by atoms with van der Waals surface area (Å²) in [6.07, 6.45) is 7.53. The van der Waals surface area contributed by atoms with Gasteiger partial charge in [0.15, 0.2) is 0 Å². The topological polar surface area (TPSA) is 92.0 Å². The molecular formula is C15H21N3O2. The van der Waals surface area contributed by atoms with Crippen molar-refractivity contribution in [3.8, 4) is 5.88 Å². The van der Waals surface area contributed by atoms with E-state index in [9.17, 15) is 9.90 Å². The number of aromatic nitrogens is 2. The standard InChI is InChI=1S/C15H21N3O2/c16-13(14-17-11(19)4-12(20)18-14)15-5-8-1-9(6-15)3-10(2-8)7-15/h4,8-10,13H,1-3,5-7,16H2,(H2,17,18,19,20). The second-order valence-electron chi connectivity index (χ2n) is 7.25. The van der Waals surface area contributed by atoms with E-state index in [-0.39, 0.29) is 22.9 Å². The van der Waals surface area contributed by atoms with Gasteiger partial charge in [-0.1, -0.05) is 0 Å². The zero-order chi connectivity index (χ0) is 13.9. The average Bonchev–Trinajstić information content (AvgIpc) is 2.35. The van der Waals surface area contributed by atoms with Crippen molar-refractivity contribution in [2.45, 2.75) is 44.6 Å². The van der Waals surface area contributed by atoms with Gasteiger partial charge >= 0.3 is 0 Å². The van der Waals surface area contributed by atoms with Gasteiger partial charge in [0, 0.05) is 0 Å². The number of hydrogen-bond donors (Lipinski definition) is 3. The molecule has 1 aromatic rings. The first-order valence-electron chi connectivity index (χ1n) is 7.60. The maximum absolute atomic E-state index is 11.5. The normalized spacial score (nSPS) is 40.0. The first-order chi connectivity index (χ1) is 9.54. The third-order valence-corrected chi connectivity index (χ3v) is 5.79. The number of nitrogens with two attached hydrogens (primary N) is 1. The Kier molecular flexibility index (Phi) is 2.52. The summed E-state index contributed by atoms with van der Waals surface area (Å²) in [5.41, 5.74) is 6.24. The molecule has 0 saturated heterocycles. The number of H-pyrrole nitrogens is 1. The van der Waals surface area contributed by atoms with Gasteiger partial charge < -0.3 is 15.8 Å². The molecule has 4 saturated carbocycles. The third-order valence-electron chi connectivity index (χ3n) is 5.79. The number of hydrogen-bond acceptors (Lipinski definition) is 4. The highest BCUT2D eigenvalue weighted by Gasteiger charge is 2.54. The molecule has 4 aliphatic carbocycles. The molecule has 0 spiro atoms. The Hall–Kier alpha value is -1.36. The second kappa shape index (κ2) is 4.07. The summed E-state index contributed by atoms with van der Waals surface area (Å²) in [6, 6.07) is 0.825. The Morgan fingerprint density at radius 3 is 2.30 bits per heavy atom. The summed E-state index contributed by atoms with van der Waals surface area (Å²) in [7, 11) is 0. The molecule has 4 N–H and O–H groups in total. The van der Waals surface area contributed by atoms with Crippen LogP contribution < -0.4 is 11.3 Å². The molecule has 0 aromatic carbocycles. The van der Waals surface area contributed by atoms with Crippen molar-refractivity contribution in [3.05, 3.63) is 22.2 Å². The van der Waals surface area contributed by atoms with E-state index in [1.165, 1.54) is 19.3 Å². The van der Waals surface area contributed by atoms with Gasteiger partial charge in [-0.25, -0.2) is 0 Å². The predicted octanol–water partition coefficient (Wildman–Crippen LogP) is 1.69. The van der Waals surface area contributed by atoms with E-state index in [1.807, 2.05) is 0 Å². The maximum Gasteiger partial charge on any atom is 0.254 e. The minimum absolute atomic E-state index is 0.0818. The van der Waals surface area contributed by atoms with Crippen LogP contribution in [0, 0.1) is 23.2 Å². The molecule has 5 nitrogen and oxygen atoms in total. The van der Waals surface area contributed by atoms with Gasteiger partial charge in [-0.2, -0.15) is 4.98 Å². The van der Waals surface area contributed by atoms with E-state index in [4.69, 9.17) is 5.73 Å². The molecule has 1 unspecified atom stereocenters. The average molecular weight is 275 g/mol. The van der Waals surface area contributed by atoms with Gasteiger partial charge in [-0.05, 0) is 61.7 Å². The minimum Gasteiger partial charge on any atom is -0.493 e. The van der Waals surface area contributed by atoms with Crippen LogP contribution in [0.1, 0.15) is 50.4 Å². The van der Waals surface area contributed by atoms with Crippen molar-refractivity contribution in [3.63, 3.8) is 0 Å². The van der Waals surface area contributed by atoms with Gasteiger partial charge in [-0.3, -0.25) is 4.79 Å². The third kappa shape index (κ3) is 1.79. The fourth-order valence-corrected chi connectivity index (χ4v) is 5.46. The number of aromatic amines is 1. The Morgan fingerprint density at radius 2 is 1.80 bits per heavy atom. The van der Waals surface area contributed by atoms with Crippen molar-refractivity contribution in [2.75, 3.05) is 0 Å². The molecule has 4 bridgehead atoms. The number of rotatable bonds is 2. The predicted molar refractivity (Wildman–Crippen MR) is 74.1 cm³/mol. The summed E-state index contributed by atoms with van der Waals surface area (Å²) < 4.78 is 0. The quantitative estimate of drug-likeness (QED) is 0.766.